The van der Waals surface area contributed by atoms with Gasteiger partial charge in [0.2, 0.25) is 11.8 Å². The summed E-state index contributed by atoms with van der Waals surface area (Å²) in [7, 11) is 3.30. The number of benzene rings is 2. The molecule has 0 saturated heterocycles. The van der Waals surface area contributed by atoms with Gasteiger partial charge in [-0.15, -0.1) is 0 Å². The summed E-state index contributed by atoms with van der Waals surface area (Å²) in [5, 5.41) is 1.17. The number of hydrogen-bond donors (Lipinski definition) is 1. The number of carbonyl (C=O) groups excluding carboxylic acids is 2. The molecule has 1 N–H and O–H groups in total. The molecule has 0 bridgehead atoms. The van der Waals surface area contributed by atoms with E-state index in [4.69, 9.17) is 9.47 Å². The number of nitrogens with zero attached hydrogens (tertiary/aromatic N) is 2. The van der Waals surface area contributed by atoms with Crippen LogP contribution in [-0.2, 0) is 27.3 Å². The summed E-state index contributed by atoms with van der Waals surface area (Å²) in [5.74, 6) is 0.787. The zero-order chi connectivity index (χ0) is 27.2. The third kappa shape index (κ3) is 8.91. The van der Waals surface area contributed by atoms with Crippen LogP contribution in [0.3, 0.4) is 0 Å². The molecule has 38 heavy (non-hydrogen) atoms. The lowest BCUT2D eigenvalue weighted by Gasteiger charge is -2.28. The van der Waals surface area contributed by atoms with E-state index in [1.807, 2.05) is 47.5 Å². The number of fused-ring (bicyclic) bond motifs is 1. The van der Waals surface area contributed by atoms with Gasteiger partial charge in [-0.2, -0.15) is 0 Å². The molecule has 3 aromatic rings. The van der Waals surface area contributed by atoms with Crippen molar-refractivity contribution in [1.82, 2.24) is 14.8 Å². The largest absolute Gasteiger partial charge is 0.497 e. The van der Waals surface area contributed by atoms with Crippen molar-refractivity contribution in [2.75, 3.05) is 40.5 Å². The standard InChI is InChI=1S/C31H43N3O4/c1-4-5-6-7-13-30(35)33(19-10-21-37-2)24-31(36)34(23-25-14-16-27(38-3)17-15-25)20-18-26-22-32-29-12-9-8-11-28(26)29/h8-9,11-12,14-17,22,32H,4-7,10,13,18-21,23-24H2,1-3H3. The molecule has 0 aliphatic carbocycles. The molecule has 3 rings (SSSR count). The SMILES string of the molecule is CCCCCCC(=O)N(CCCOC)CC(=O)N(CCc1c[nH]c2ccccc12)Cc1ccc(OC)cc1. The molecule has 0 saturated carbocycles. The van der Waals surface area contributed by atoms with Crippen LogP contribution in [0.4, 0.5) is 0 Å². The molecule has 7 nitrogen and oxygen atoms in total. The van der Waals surface area contributed by atoms with E-state index in [0.29, 0.717) is 39.1 Å². The van der Waals surface area contributed by atoms with Crippen molar-refractivity contribution in [2.24, 2.45) is 0 Å². The summed E-state index contributed by atoms with van der Waals surface area (Å²) < 4.78 is 10.5. The number of aromatic amines is 1. The molecule has 0 aliphatic rings. The van der Waals surface area contributed by atoms with Gasteiger partial charge in [-0.1, -0.05) is 56.5 Å². The molecule has 206 valence electrons. The van der Waals surface area contributed by atoms with Crippen molar-refractivity contribution < 1.29 is 19.1 Å². The van der Waals surface area contributed by atoms with Gasteiger partial charge in [0.05, 0.1) is 13.7 Å². The van der Waals surface area contributed by atoms with Crippen molar-refractivity contribution in [1.29, 1.82) is 0 Å². The number of rotatable bonds is 17. The average molecular weight is 522 g/mol. The normalized spacial score (nSPS) is 11.0. The van der Waals surface area contributed by atoms with Crippen LogP contribution in [0.1, 0.15) is 56.6 Å². The number of para-hydroxylation sites is 1. The van der Waals surface area contributed by atoms with Crippen molar-refractivity contribution in [3.63, 3.8) is 0 Å². The summed E-state index contributed by atoms with van der Waals surface area (Å²) in [6.45, 7) is 4.35. The summed E-state index contributed by atoms with van der Waals surface area (Å²) in [5.41, 5.74) is 3.29. The van der Waals surface area contributed by atoms with Crippen molar-refractivity contribution in [3.05, 3.63) is 65.9 Å². The highest BCUT2D eigenvalue weighted by molar-refractivity contribution is 5.85. The van der Waals surface area contributed by atoms with E-state index in [1.165, 1.54) is 10.9 Å². The molecule has 0 atom stereocenters. The molecule has 0 spiro atoms. The Morgan fingerprint density at radius 1 is 0.868 bits per heavy atom. The lowest BCUT2D eigenvalue weighted by molar-refractivity contribution is -0.141. The first kappa shape index (κ1) is 29.2. The lowest BCUT2D eigenvalue weighted by atomic mass is 10.1. The van der Waals surface area contributed by atoms with Gasteiger partial charge in [0.15, 0.2) is 0 Å². The number of nitrogens with one attached hydrogen (secondary N) is 1. The second-order valence-electron chi connectivity index (χ2n) is 9.75. The Hall–Kier alpha value is -3.32. The van der Waals surface area contributed by atoms with Gasteiger partial charge in [-0.3, -0.25) is 9.59 Å². The topological polar surface area (TPSA) is 74.9 Å². The van der Waals surface area contributed by atoms with Gasteiger partial charge < -0.3 is 24.3 Å². The van der Waals surface area contributed by atoms with E-state index >= 15 is 0 Å². The van der Waals surface area contributed by atoms with Gasteiger partial charge >= 0.3 is 0 Å². The Balaban J connectivity index is 1.73. The van der Waals surface area contributed by atoms with Crippen LogP contribution in [0, 0.1) is 0 Å². The van der Waals surface area contributed by atoms with Crippen LogP contribution in [0.5, 0.6) is 5.75 Å². The van der Waals surface area contributed by atoms with Gasteiger partial charge in [0.1, 0.15) is 5.75 Å². The molecule has 7 heteroatoms. The molecule has 0 radical (unpaired) electrons. The Morgan fingerprint density at radius 3 is 2.39 bits per heavy atom. The molecule has 0 fully saturated rings. The molecule has 2 aromatic carbocycles. The number of H-pyrrole nitrogens is 1. The molecule has 0 aliphatic heterocycles. The lowest BCUT2D eigenvalue weighted by Crippen LogP contribution is -2.44. The quantitative estimate of drug-likeness (QED) is 0.235. The Morgan fingerprint density at radius 2 is 1.66 bits per heavy atom. The first-order chi connectivity index (χ1) is 18.5. The van der Waals surface area contributed by atoms with E-state index < -0.39 is 0 Å². The number of unbranched alkanes of at least 4 members (excludes halogenated alkanes) is 3. The predicted molar refractivity (Wildman–Crippen MR) is 152 cm³/mol. The number of hydrogen-bond acceptors (Lipinski definition) is 4. The number of methoxy groups -OCH3 is 2. The zero-order valence-corrected chi connectivity index (χ0v) is 23.2. The molecule has 2 amide bonds. The van der Waals surface area contributed by atoms with E-state index in [0.717, 1.165) is 48.9 Å². The van der Waals surface area contributed by atoms with Crippen molar-refractivity contribution >= 4 is 22.7 Å². The fourth-order valence-corrected chi connectivity index (χ4v) is 4.65. The highest BCUT2D eigenvalue weighted by atomic mass is 16.5. The first-order valence-electron chi connectivity index (χ1n) is 13.8. The maximum atomic E-state index is 13.7. The van der Waals surface area contributed by atoms with Gasteiger partial charge in [-0.25, -0.2) is 0 Å². The summed E-state index contributed by atoms with van der Waals surface area (Å²) in [6, 6.07) is 16.0. The molecule has 1 heterocycles. The zero-order valence-electron chi connectivity index (χ0n) is 23.2. The summed E-state index contributed by atoms with van der Waals surface area (Å²) in [6.07, 6.45) is 8.08. The van der Waals surface area contributed by atoms with Crippen molar-refractivity contribution in [2.45, 2.75) is 58.4 Å². The molecular weight excluding hydrogens is 478 g/mol. The highest BCUT2D eigenvalue weighted by Gasteiger charge is 2.22. The first-order valence-corrected chi connectivity index (χ1v) is 13.8. The number of ether oxygens (including phenoxy) is 2. The minimum absolute atomic E-state index is 0.0417. The minimum Gasteiger partial charge on any atom is -0.497 e. The van der Waals surface area contributed by atoms with E-state index in [9.17, 15) is 9.59 Å². The van der Waals surface area contributed by atoms with Crippen LogP contribution in [0.25, 0.3) is 10.9 Å². The summed E-state index contributed by atoms with van der Waals surface area (Å²) in [4.78, 5) is 33.7. The average Bonchev–Trinajstić information content (AvgIpc) is 3.36. The van der Waals surface area contributed by atoms with Crippen LogP contribution >= 0.6 is 0 Å². The molecule has 0 unspecified atom stereocenters. The van der Waals surface area contributed by atoms with E-state index in [1.54, 1.807) is 19.1 Å². The van der Waals surface area contributed by atoms with Crippen LogP contribution in [-0.4, -0.2) is 67.1 Å². The number of amides is 2. The number of carbonyl (C=O) groups is 2. The summed E-state index contributed by atoms with van der Waals surface area (Å²) >= 11 is 0. The monoisotopic (exact) mass is 521 g/mol. The van der Waals surface area contributed by atoms with Crippen LogP contribution in [0.15, 0.2) is 54.7 Å². The van der Waals surface area contributed by atoms with Gasteiger partial charge in [-0.05, 0) is 48.6 Å². The fourth-order valence-electron chi connectivity index (χ4n) is 4.65. The Labute approximate surface area is 227 Å². The number of aromatic nitrogens is 1. The highest BCUT2D eigenvalue weighted by Crippen LogP contribution is 2.20. The van der Waals surface area contributed by atoms with E-state index in [-0.39, 0.29) is 18.4 Å². The molecular formula is C31H43N3O4. The Bertz CT molecular complexity index is 1130. The van der Waals surface area contributed by atoms with E-state index in [2.05, 4.69) is 24.0 Å². The van der Waals surface area contributed by atoms with Gasteiger partial charge in [0, 0.05) is 56.9 Å². The third-order valence-electron chi connectivity index (χ3n) is 6.91. The molecule has 1 aromatic heterocycles. The van der Waals surface area contributed by atoms with Crippen LogP contribution in [0.2, 0.25) is 0 Å². The maximum absolute atomic E-state index is 13.7. The van der Waals surface area contributed by atoms with Crippen LogP contribution < -0.4 is 4.74 Å². The minimum atomic E-state index is -0.0417. The Kier molecular flexibility index (Phi) is 12.2. The maximum Gasteiger partial charge on any atom is 0.242 e. The third-order valence-corrected chi connectivity index (χ3v) is 6.91. The fraction of sp³-hybridized carbons (Fsp3) is 0.484. The second kappa shape index (κ2) is 15.8. The smallest absolute Gasteiger partial charge is 0.242 e. The second-order valence-corrected chi connectivity index (χ2v) is 9.75. The predicted octanol–water partition coefficient (Wildman–Crippen LogP) is 5.58. The van der Waals surface area contributed by atoms with Gasteiger partial charge in [0.25, 0.3) is 0 Å². The van der Waals surface area contributed by atoms with Crippen molar-refractivity contribution in [3.8, 4) is 5.75 Å².